The number of nitrogens with zero attached hydrogens (tertiary/aromatic N) is 3. The van der Waals surface area contributed by atoms with Crippen LogP contribution in [0.4, 0.5) is 5.69 Å². The van der Waals surface area contributed by atoms with Crippen molar-refractivity contribution in [1.82, 2.24) is 14.8 Å². The molecule has 4 rings (SSSR count). The van der Waals surface area contributed by atoms with E-state index in [9.17, 15) is 0 Å². The van der Waals surface area contributed by atoms with Crippen molar-refractivity contribution < 1.29 is 4.74 Å². The number of aromatic nitrogens is 3. The molecule has 0 saturated carbocycles. The lowest BCUT2D eigenvalue weighted by molar-refractivity contribution is 0.0662. The molecule has 0 amide bonds. The third-order valence-electron chi connectivity index (χ3n) is 4.52. The number of pyridine rings is 1. The molecule has 2 aliphatic rings. The van der Waals surface area contributed by atoms with Crippen molar-refractivity contribution in [3.8, 4) is 11.1 Å². The molecule has 3 heterocycles. The van der Waals surface area contributed by atoms with Crippen LogP contribution in [-0.2, 0) is 11.2 Å². The summed E-state index contributed by atoms with van der Waals surface area (Å²) in [6.45, 7) is 1.65. The van der Waals surface area contributed by atoms with Crippen LogP contribution in [0.25, 0.3) is 17.2 Å². The summed E-state index contributed by atoms with van der Waals surface area (Å²) in [5, 5.41) is 7.91. The van der Waals surface area contributed by atoms with Crippen LogP contribution < -0.4 is 5.32 Å². The zero-order chi connectivity index (χ0) is 14.9. The molecule has 114 valence electrons. The van der Waals surface area contributed by atoms with Gasteiger partial charge in [0.15, 0.2) is 0 Å². The number of fused-ring (bicyclic) bond motifs is 1. The topological polar surface area (TPSA) is 52.0 Å². The first-order valence-electron chi connectivity index (χ1n) is 7.85. The predicted octanol–water partition coefficient (Wildman–Crippen LogP) is 2.91. The Bertz CT molecular complexity index is 713. The number of nitrogens with one attached hydrogen (secondary N) is 1. The highest BCUT2D eigenvalue weighted by Gasteiger charge is 2.19. The van der Waals surface area contributed by atoms with Gasteiger partial charge in [0.1, 0.15) is 0 Å². The Kier molecular flexibility index (Phi) is 3.42. The number of rotatable bonds is 3. The van der Waals surface area contributed by atoms with Crippen LogP contribution in [0.1, 0.15) is 30.1 Å². The molecule has 5 heteroatoms. The molecule has 22 heavy (non-hydrogen) atoms. The Morgan fingerprint density at radius 1 is 1.27 bits per heavy atom. The smallest absolute Gasteiger partial charge is 0.0569 e. The molecule has 0 bridgehead atoms. The van der Waals surface area contributed by atoms with Gasteiger partial charge in [0, 0.05) is 55.8 Å². The molecular weight excluding hydrogens is 276 g/mol. The number of anilines is 1. The predicted molar refractivity (Wildman–Crippen MR) is 86.8 cm³/mol. The molecular formula is C17H20N4O. The second-order valence-corrected chi connectivity index (χ2v) is 5.82. The first kappa shape index (κ1) is 13.5. The van der Waals surface area contributed by atoms with E-state index in [1.807, 2.05) is 19.4 Å². The summed E-state index contributed by atoms with van der Waals surface area (Å²) in [5.74, 6) is 0. The third-order valence-corrected chi connectivity index (χ3v) is 4.52. The lowest BCUT2D eigenvalue weighted by Crippen LogP contribution is -2.19. The summed E-state index contributed by atoms with van der Waals surface area (Å²) < 4.78 is 7.51. The molecule has 1 saturated heterocycles. The number of hydrogen-bond donors (Lipinski definition) is 1. The van der Waals surface area contributed by atoms with E-state index in [1.165, 1.54) is 5.56 Å². The highest BCUT2D eigenvalue weighted by Crippen LogP contribution is 2.35. The Balaban J connectivity index is 1.70. The molecule has 0 aromatic carbocycles. The van der Waals surface area contributed by atoms with E-state index in [2.05, 4.69) is 38.4 Å². The molecule has 2 aromatic heterocycles. The van der Waals surface area contributed by atoms with Crippen molar-refractivity contribution >= 4 is 11.8 Å². The molecule has 0 radical (unpaired) electrons. The van der Waals surface area contributed by atoms with Gasteiger partial charge in [-0.05, 0) is 12.8 Å². The van der Waals surface area contributed by atoms with E-state index >= 15 is 0 Å². The summed E-state index contributed by atoms with van der Waals surface area (Å²) in [6, 6.07) is 0.447. The van der Waals surface area contributed by atoms with Crippen LogP contribution in [0.3, 0.4) is 0 Å². The van der Waals surface area contributed by atoms with E-state index in [-0.39, 0.29) is 0 Å². The van der Waals surface area contributed by atoms with Crippen molar-refractivity contribution in [3.63, 3.8) is 0 Å². The first-order valence-corrected chi connectivity index (χ1v) is 7.85. The Labute approximate surface area is 130 Å². The maximum Gasteiger partial charge on any atom is 0.0569 e. The summed E-state index contributed by atoms with van der Waals surface area (Å²) in [7, 11) is 1.97. The number of hydrogen-bond acceptors (Lipinski definition) is 4. The van der Waals surface area contributed by atoms with Crippen molar-refractivity contribution in [2.24, 2.45) is 0 Å². The molecule has 1 N–H and O–H groups in total. The molecule has 0 spiro atoms. The second-order valence-electron chi connectivity index (χ2n) is 5.82. The highest BCUT2D eigenvalue weighted by atomic mass is 16.5. The van der Waals surface area contributed by atoms with Crippen LogP contribution in [0, 0.1) is 0 Å². The van der Waals surface area contributed by atoms with Crippen LogP contribution >= 0.6 is 0 Å². The average molecular weight is 296 g/mol. The SMILES string of the molecule is CNc1c(-c2cnn(C3CCOCC3)c2)cnc2c1C=CC2. The molecule has 0 unspecified atom stereocenters. The quantitative estimate of drug-likeness (QED) is 0.946. The van der Waals surface area contributed by atoms with Crippen molar-refractivity contribution in [3.05, 3.63) is 35.9 Å². The summed E-state index contributed by atoms with van der Waals surface area (Å²) in [6.07, 6.45) is 13.3. The largest absolute Gasteiger partial charge is 0.387 e. The minimum absolute atomic E-state index is 0.447. The van der Waals surface area contributed by atoms with Crippen LogP contribution in [0.2, 0.25) is 0 Å². The monoisotopic (exact) mass is 296 g/mol. The summed E-state index contributed by atoms with van der Waals surface area (Å²) in [5.41, 5.74) is 5.73. The summed E-state index contributed by atoms with van der Waals surface area (Å²) in [4.78, 5) is 4.61. The van der Waals surface area contributed by atoms with Gasteiger partial charge in [-0.2, -0.15) is 5.10 Å². The zero-order valence-corrected chi connectivity index (χ0v) is 12.7. The van der Waals surface area contributed by atoms with Crippen molar-refractivity contribution in [2.45, 2.75) is 25.3 Å². The second kappa shape index (κ2) is 5.57. The maximum atomic E-state index is 5.43. The fourth-order valence-electron chi connectivity index (χ4n) is 3.31. The van der Waals surface area contributed by atoms with Gasteiger partial charge in [-0.25, -0.2) is 0 Å². The Morgan fingerprint density at radius 2 is 2.14 bits per heavy atom. The van der Waals surface area contributed by atoms with E-state index in [4.69, 9.17) is 4.74 Å². The van der Waals surface area contributed by atoms with Crippen LogP contribution in [-0.4, -0.2) is 35.0 Å². The van der Waals surface area contributed by atoms with Gasteiger partial charge in [-0.3, -0.25) is 9.67 Å². The maximum absolute atomic E-state index is 5.43. The van der Waals surface area contributed by atoms with E-state index < -0.39 is 0 Å². The molecule has 5 nitrogen and oxygen atoms in total. The number of ether oxygens (including phenoxy) is 1. The minimum Gasteiger partial charge on any atom is -0.387 e. The van der Waals surface area contributed by atoms with Gasteiger partial charge < -0.3 is 10.1 Å². The van der Waals surface area contributed by atoms with Crippen molar-refractivity contribution in [2.75, 3.05) is 25.6 Å². The fraction of sp³-hybridized carbons (Fsp3) is 0.412. The van der Waals surface area contributed by atoms with E-state index in [1.54, 1.807) is 0 Å². The van der Waals surface area contributed by atoms with Crippen LogP contribution in [0.5, 0.6) is 0 Å². The van der Waals surface area contributed by atoms with Gasteiger partial charge in [0.05, 0.1) is 23.6 Å². The zero-order valence-electron chi connectivity index (χ0n) is 12.7. The normalized spacial score (nSPS) is 17.7. The van der Waals surface area contributed by atoms with E-state index in [0.717, 1.165) is 55.0 Å². The van der Waals surface area contributed by atoms with Gasteiger partial charge >= 0.3 is 0 Å². The Hall–Kier alpha value is -2.14. The molecule has 1 aliphatic heterocycles. The van der Waals surface area contributed by atoms with Crippen molar-refractivity contribution in [1.29, 1.82) is 0 Å². The first-order chi connectivity index (χ1) is 10.9. The molecule has 2 aromatic rings. The molecule has 1 aliphatic carbocycles. The molecule has 1 fully saturated rings. The lowest BCUT2D eigenvalue weighted by Gasteiger charge is -2.22. The average Bonchev–Trinajstić information content (AvgIpc) is 3.23. The van der Waals surface area contributed by atoms with Gasteiger partial charge in [0.2, 0.25) is 0 Å². The molecule has 0 atom stereocenters. The minimum atomic E-state index is 0.447. The lowest BCUT2D eigenvalue weighted by atomic mass is 10.0. The number of allylic oxidation sites excluding steroid dienone is 1. The van der Waals surface area contributed by atoms with Crippen LogP contribution in [0.15, 0.2) is 24.7 Å². The van der Waals surface area contributed by atoms with Gasteiger partial charge in [0.25, 0.3) is 0 Å². The Morgan fingerprint density at radius 3 is 2.95 bits per heavy atom. The fourth-order valence-corrected chi connectivity index (χ4v) is 3.31. The standard InChI is InChI=1S/C17H20N4O/c1-18-17-14-3-2-4-16(14)19-10-15(17)12-9-20-21(11-12)13-5-7-22-8-6-13/h2-3,9-11,13H,4-8H2,1H3,(H,18,19). The van der Waals surface area contributed by atoms with Gasteiger partial charge in [-0.15, -0.1) is 0 Å². The van der Waals surface area contributed by atoms with Gasteiger partial charge in [-0.1, -0.05) is 12.2 Å². The van der Waals surface area contributed by atoms with E-state index in [0.29, 0.717) is 6.04 Å². The third kappa shape index (κ3) is 2.22. The highest BCUT2D eigenvalue weighted by molar-refractivity contribution is 5.85. The summed E-state index contributed by atoms with van der Waals surface area (Å²) >= 11 is 0.